The zero-order valence-corrected chi connectivity index (χ0v) is 12.2. The Hall–Kier alpha value is -2.27. The van der Waals surface area contributed by atoms with Crippen molar-refractivity contribution >= 4 is 17.3 Å². The first-order valence-corrected chi connectivity index (χ1v) is 7.00. The zero-order chi connectivity index (χ0) is 15.1. The molecule has 0 bridgehead atoms. The number of hydrogen-bond acceptors (Lipinski definition) is 4. The monoisotopic (exact) mass is 287 g/mol. The second-order valence-electron chi connectivity index (χ2n) is 5.09. The van der Waals surface area contributed by atoms with E-state index in [-0.39, 0.29) is 5.91 Å². The van der Waals surface area contributed by atoms with Gasteiger partial charge in [0, 0.05) is 17.8 Å². The van der Waals surface area contributed by atoms with Gasteiger partial charge in [0.2, 0.25) is 5.91 Å². The predicted molar refractivity (Wildman–Crippen MR) is 83.8 cm³/mol. The number of anilines is 2. The van der Waals surface area contributed by atoms with Crippen LogP contribution in [0.15, 0.2) is 47.1 Å². The van der Waals surface area contributed by atoms with Crippen LogP contribution in [-0.2, 0) is 11.3 Å². The number of nitrogens with two attached hydrogens (primary N) is 1. The first-order chi connectivity index (χ1) is 10.1. The summed E-state index contributed by atoms with van der Waals surface area (Å²) < 4.78 is 5.29. The van der Waals surface area contributed by atoms with Crippen molar-refractivity contribution in [1.29, 1.82) is 0 Å². The van der Waals surface area contributed by atoms with Gasteiger partial charge < -0.3 is 15.5 Å². The van der Waals surface area contributed by atoms with Gasteiger partial charge in [-0.1, -0.05) is 6.07 Å². The van der Waals surface area contributed by atoms with Gasteiger partial charge in [0.05, 0.1) is 12.8 Å². The number of benzene rings is 1. The normalized spacial score (nSPS) is 10.8. The van der Waals surface area contributed by atoms with E-state index in [1.165, 1.54) is 0 Å². The lowest BCUT2D eigenvalue weighted by Crippen LogP contribution is -2.20. The Kier molecular flexibility index (Phi) is 5.40. The lowest BCUT2D eigenvalue weighted by Gasteiger charge is -2.14. The maximum absolute atomic E-state index is 11.8. The third-order valence-corrected chi connectivity index (χ3v) is 3.12. The molecule has 0 saturated heterocycles. The number of nitrogens with zero attached hydrogens (tertiary/aromatic N) is 1. The number of nitrogens with one attached hydrogen (secondary N) is 1. The molecule has 0 radical (unpaired) electrons. The average Bonchev–Trinajstić information content (AvgIpc) is 2.91. The van der Waals surface area contributed by atoms with Gasteiger partial charge in [-0.2, -0.15) is 0 Å². The molecular formula is C16H21N3O2. The van der Waals surface area contributed by atoms with Crippen LogP contribution >= 0.6 is 0 Å². The first-order valence-electron chi connectivity index (χ1n) is 7.00. The Morgan fingerprint density at radius 3 is 2.90 bits per heavy atom. The minimum atomic E-state index is 0.00648. The van der Waals surface area contributed by atoms with Crippen molar-refractivity contribution in [3.63, 3.8) is 0 Å². The highest BCUT2D eigenvalue weighted by Crippen LogP contribution is 2.12. The smallest absolute Gasteiger partial charge is 0.224 e. The first kappa shape index (κ1) is 15.1. The van der Waals surface area contributed by atoms with Crippen molar-refractivity contribution in [3.8, 4) is 0 Å². The highest BCUT2D eigenvalue weighted by atomic mass is 16.3. The number of amides is 1. The highest BCUT2D eigenvalue weighted by Gasteiger charge is 2.06. The molecule has 0 aliphatic carbocycles. The summed E-state index contributed by atoms with van der Waals surface area (Å²) in [5.74, 6) is 0.939. The summed E-state index contributed by atoms with van der Waals surface area (Å²) in [6.45, 7) is 1.59. The minimum absolute atomic E-state index is 0.00648. The molecule has 3 N–H and O–H groups in total. The summed E-state index contributed by atoms with van der Waals surface area (Å²) in [6, 6.07) is 11.0. The fourth-order valence-corrected chi connectivity index (χ4v) is 2.10. The molecule has 21 heavy (non-hydrogen) atoms. The molecule has 2 aromatic rings. The molecule has 0 spiro atoms. The topological polar surface area (TPSA) is 71.5 Å². The Morgan fingerprint density at radius 2 is 2.19 bits per heavy atom. The Balaban J connectivity index is 1.67. The number of nitrogen functional groups attached to an aromatic ring is 1. The highest BCUT2D eigenvalue weighted by molar-refractivity contribution is 5.91. The molecule has 5 nitrogen and oxygen atoms in total. The average molecular weight is 287 g/mol. The maximum Gasteiger partial charge on any atom is 0.224 e. The molecule has 1 aromatic heterocycles. The number of furan rings is 1. The van der Waals surface area contributed by atoms with Crippen LogP contribution < -0.4 is 11.1 Å². The van der Waals surface area contributed by atoms with Crippen LogP contribution in [0.1, 0.15) is 18.6 Å². The van der Waals surface area contributed by atoms with Crippen molar-refractivity contribution in [2.75, 3.05) is 24.6 Å². The SMILES string of the molecule is CN(CCCC(=O)Nc1cccc(N)c1)Cc1ccco1. The molecule has 0 atom stereocenters. The predicted octanol–water partition coefficient (Wildman–Crippen LogP) is 2.71. The third kappa shape index (κ3) is 5.31. The lowest BCUT2D eigenvalue weighted by atomic mass is 10.2. The molecule has 1 heterocycles. The van der Waals surface area contributed by atoms with E-state index in [0.29, 0.717) is 12.1 Å². The molecule has 2 rings (SSSR count). The summed E-state index contributed by atoms with van der Waals surface area (Å²) in [7, 11) is 2.01. The molecule has 1 aromatic carbocycles. The van der Waals surface area contributed by atoms with Crippen LogP contribution in [0, 0.1) is 0 Å². The summed E-state index contributed by atoms with van der Waals surface area (Å²) >= 11 is 0. The molecule has 0 unspecified atom stereocenters. The van der Waals surface area contributed by atoms with Gasteiger partial charge in [0.1, 0.15) is 5.76 Å². The van der Waals surface area contributed by atoms with Gasteiger partial charge in [0.25, 0.3) is 0 Å². The quantitative estimate of drug-likeness (QED) is 0.768. The van der Waals surface area contributed by atoms with Crippen LogP contribution in [0.25, 0.3) is 0 Å². The molecule has 0 saturated carbocycles. The van der Waals surface area contributed by atoms with Crippen LogP contribution in [0.3, 0.4) is 0 Å². The lowest BCUT2D eigenvalue weighted by molar-refractivity contribution is -0.116. The molecule has 1 amide bonds. The van der Waals surface area contributed by atoms with Gasteiger partial charge >= 0.3 is 0 Å². The van der Waals surface area contributed by atoms with E-state index in [0.717, 1.165) is 31.0 Å². The van der Waals surface area contributed by atoms with Gasteiger partial charge in [-0.25, -0.2) is 0 Å². The van der Waals surface area contributed by atoms with E-state index < -0.39 is 0 Å². The van der Waals surface area contributed by atoms with Gasteiger partial charge in [0.15, 0.2) is 0 Å². The van der Waals surface area contributed by atoms with Crippen molar-refractivity contribution in [2.45, 2.75) is 19.4 Å². The van der Waals surface area contributed by atoms with Crippen LogP contribution in [-0.4, -0.2) is 24.4 Å². The molecule has 5 heteroatoms. The minimum Gasteiger partial charge on any atom is -0.468 e. The number of carbonyl (C=O) groups is 1. The molecule has 112 valence electrons. The van der Waals surface area contributed by atoms with E-state index >= 15 is 0 Å². The summed E-state index contributed by atoms with van der Waals surface area (Å²) in [6.07, 6.45) is 2.95. The molecule has 0 aliphatic heterocycles. The van der Waals surface area contributed by atoms with Gasteiger partial charge in [-0.3, -0.25) is 9.69 Å². The van der Waals surface area contributed by atoms with Crippen LogP contribution in [0.2, 0.25) is 0 Å². The Bertz CT molecular complexity index is 567. The summed E-state index contributed by atoms with van der Waals surface area (Å²) in [4.78, 5) is 14.0. The van der Waals surface area contributed by atoms with E-state index in [2.05, 4.69) is 10.2 Å². The van der Waals surface area contributed by atoms with Crippen molar-refractivity contribution in [3.05, 3.63) is 48.4 Å². The molecular weight excluding hydrogens is 266 g/mol. The van der Waals surface area contributed by atoms with E-state index in [9.17, 15) is 4.79 Å². The second-order valence-corrected chi connectivity index (χ2v) is 5.09. The van der Waals surface area contributed by atoms with Crippen molar-refractivity contribution < 1.29 is 9.21 Å². The van der Waals surface area contributed by atoms with E-state index in [1.54, 1.807) is 18.4 Å². The largest absolute Gasteiger partial charge is 0.468 e. The number of hydrogen-bond donors (Lipinski definition) is 2. The fourth-order valence-electron chi connectivity index (χ4n) is 2.10. The Morgan fingerprint density at radius 1 is 1.33 bits per heavy atom. The number of carbonyl (C=O) groups excluding carboxylic acids is 1. The molecule has 0 aliphatic rings. The van der Waals surface area contributed by atoms with Crippen molar-refractivity contribution in [2.24, 2.45) is 0 Å². The standard InChI is InChI=1S/C16H21N3O2/c1-19(12-15-7-4-10-21-15)9-3-8-16(20)18-14-6-2-5-13(17)11-14/h2,4-7,10-11H,3,8-9,12,17H2,1H3,(H,18,20). The summed E-state index contributed by atoms with van der Waals surface area (Å²) in [5.41, 5.74) is 7.06. The maximum atomic E-state index is 11.8. The van der Waals surface area contributed by atoms with E-state index in [4.69, 9.17) is 10.2 Å². The van der Waals surface area contributed by atoms with Crippen molar-refractivity contribution in [1.82, 2.24) is 4.90 Å². The fraction of sp³-hybridized carbons (Fsp3) is 0.312. The molecule has 0 fully saturated rings. The zero-order valence-electron chi connectivity index (χ0n) is 12.2. The number of rotatable bonds is 7. The van der Waals surface area contributed by atoms with E-state index in [1.807, 2.05) is 31.3 Å². The second kappa shape index (κ2) is 7.50. The Labute approximate surface area is 124 Å². The van der Waals surface area contributed by atoms with Gasteiger partial charge in [-0.05, 0) is 50.3 Å². The van der Waals surface area contributed by atoms with Crippen LogP contribution in [0.5, 0.6) is 0 Å². The van der Waals surface area contributed by atoms with Gasteiger partial charge in [-0.15, -0.1) is 0 Å². The third-order valence-electron chi connectivity index (χ3n) is 3.12. The van der Waals surface area contributed by atoms with Crippen LogP contribution in [0.4, 0.5) is 11.4 Å². The summed E-state index contributed by atoms with van der Waals surface area (Å²) in [5, 5.41) is 2.85.